The molecule has 0 aliphatic carbocycles. The molecule has 2 heterocycles. The summed E-state index contributed by atoms with van der Waals surface area (Å²) in [5, 5.41) is 2.43. The maximum atomic E-state index is 12.9. The Balaban J connectivity index is 1.72. The molecule has 0 radical (unpaired) electrons. The minimum atomic E-state index is -0.0546. The Labute approximate surface area is 179 Å². The summed E-state index contributed by atoms with van der Waals surface area (Å²) in [6.07, 6.45) is 6.96. The predicted molar refractivity (Wildman–Crippen MR) is 119 cm³/mol. The number of nitrogens with zero attached hydrogens (tertiary/aromatic N) is 2. The molecule has 29 heavy (non-hydrogen) atoms. The number of benzene rings is 1. The summed E-state index contributed by atoms with van der Waals surface area (Å²) in [5.74, 6) is 0.652. The van der Waals surface area contributed by atoms with E-state index in [1.165, 1.54) is 0 Å². The van der Waals surface area contributed by atoms with E-state index < -0.39 is 0 Å². The van der Waals surface area contributed by atoms with Crippen molar-refractivity contribution in [3.8, 4) is 5.75 Å². The van der Waals surface area contributed by atoms with Gasteiger partial charge in [-0.25, -0.2) is 0 Å². The number of carbonyl (C=O) groups excluding carboxylic acids is 1. The van der Waals surface area contributed by atoms with Gasteiger partial charge < -0.3 is 9.64 Å². The lowest BCUT2D eigenvalue weighted by atomic mass is 10.1. The lowest BCUT2D eigenvalue weighted by Gasteiger charge is -2.21. The van der Waals surface area contributed by atoms with Gasteiger partial charge in [-0.15, -0.1) is 11.3 Å². The molecule has 4 nitrogen and oxygen atoms in total. The minimum Gasteiger partial charge on any atom is -0.488 e. The normalized spacial score (nSPS) is 10.8. The summed E-state index contributed by atoms with van der Waals surface area (Å²) in [5.41, 5.74) is 1.98. The van der Waals surface area contributed by atoms with Crippen LogP contribution in [0.5, 0.6) is 5.75 Å². The summed E-state index contributed by atoms with van der Waals surface area (Å²) in [4.78, 5) is 19.8. The lowest BCUT2D eigenvalue weighted by Crippen LogP contribution is -2.28. The van der Waals surface area contributed by atoms with Crippen LogP contribution in [-0.2, 0) is 17.9 Å². The third-order valence-corrected chi connectivity index (χ3v) is 4.98. The van der Waals surface area contributed by atoms with Crippen LogP contribution in [0.2, 0.25) is 0 Å². The fraction of sp³-hybridized carbons (Fsp3) is 0.130. The van der Waals surface area contributed by atoms with Crippen LogP contribution < -0.4 is 4.74 Å². The first kappa shape index (κ1) is 20.8. The number of thiophene rings is 1. The van der Waals surface area contributed by atoms with Crippen molar-refractivity contribution < 1.29 is 9.53 Å². The zero-order valence-corrected chi connectivity index (χ0v) is 17.4. The van der Waals surface area contributed by atoms with Crippen LogP contribution in [-0.4, -0.2) is 22.4 Å². The summed E-state index contributed by atoms with van der Waals surface area (Å²) < 4.78 is 5.52. The van der Waals surface area contributed by atoms with E-state index in [-0.39, 0.29) is 12.5 Å². The summed E-state index contributed by atoms with van der Waals surface area (Å²) >= 11 is 7.33. The number of hydrogen-bond acceptors (Lipinski definition) is 4. The zero-order valence-electron chi connectivity index (χ0n) is 15.8. The van der Waals surface area contributed by atoms with Crippen LogP contribution in [0.1, 0.15) is 16.0 Å². The third kappa shape index (κ3) is 6.89. The Morgan fingerprint density at radius 1 is 1.14 bits per heavy atom. The molecule has 0 aliphatic heterocycles. The Kier molecular flexibility index (Phi) is 7.61. The molecule has 2 aromatic heterocycles. The number of carbonyl (C=O) groups is 1. The van der Waals surface area contributed by atoms with Crippen molar-refractivity contribution in [2.75, 3.05) is 6.61 Å². The first-order chi connectivity index (χ1) is 14.1. The molecule has 0 N–H and O–H groups in total. The quantitative estimate of drug-likeness (QED) is 0.425. The number of ether oxygens (including phenoxy) is 1. The molecule has 0 bridgehead atoms. The summed E-state index contributed by atoms with van der Waals surface area (Å²) in [6.45, 7) is 4.83. The van der Waals surface area contributed by atoms with Crippen molar-refractivity contribution in [3.05, 3.63) is 100.0 Å². The highest BCUT2D eigenvalue weighted by molar-refractivity contribution is 7.10. The van der Waals surface area contributed by atoms with E-state index in [4.69, 9.17) is 16.3 Å². The molecule has 0 saturated carbocycles. The largest absolute Gasteiger partial charge is 0.488 e. The van der Waals surface area contributed by atoms with Crippen LogP contribution in [0.3, 0.4) is 0 Å². The number of rotatable bonds is 9. The van der Waals surface area contributed by atoms with E-state index in [1.54, 1.807) is 34.7 Å². The molecule has 0 atom stereocenters. The summed E-state index contributed by atoms with van der Waals surface area (Å²) in [7, 11) is 0. The van der Waals surface area contributed by atoms with Gasteiger partial charge in [0.1, 0.15) is 12.4 Å². The highest BCUT2D eigenvalue weighted by Gasteiger charge is 2.13. The Hall–Kier alpha value is -2.89. The molecular weight excluding hydrogens is 404 g/mol. The Morgan fingerprint density at radius 2 is 1.93 bits per heavy atom. The molecule has 3 aromatic rings. The molecular formula is C23H21ClN2O2S. The van der Waals surface area contributed by atoms with Crippen LogP contribution >= 0.6 is 22.9 Å². The number of hydrogen-bond donors (Lipinski definition) is 0. The van der Waals surface area contributed by atoms with Gasteiger partial charge in [-0.1, -0.05) is 42.4 Å². The van der Waals surface area contributed by atoms with Crippen molar-refractivity contribution >= 4 is 34.9 Å². The maximum absolute atomic E-state index is 12.9. The highest BCUT2D eigenvalue weighted by Crippen LogP contribution is 2.17. The molecule has 3 rings (SSSR count). The molecule has 0 fully saturated rings. The predicted octanol–water partition coefficient (Wildman–Crippen LogP) is 5.52. The molecule has 0 unspecified atom stereocenters. The van der Waals surface area contributed by atoms with Gasteiger partial charge in [0, 0.05) is 41.5 Å². The maximum Gasteiger partial charge on any atom is 0.247 e. The van der Waals surface area contributed by atoms with Crippen LogP contribution in [0, 0.1) is 0 Å². The molecule has 0 aliphatic rings. The van der Waals surface area contributed by atoms with Gasteiger partial charge in [-0.3, -0.25) is 9.78 Å². The Morgan fingerprint density at radius 3 is 2.59 bits per heavy atom. The van der Waals surface area contributed by atoms with Gasteiger partial charge in [0.2, 0.25) is 5.91 Å². The van der Waals surface area contributed by atoms with Crippen LogP contribution in [0.15, 0.2) is 84.0 Å². The second-order valence-electron chi connectivity index (χ2n) is 6.35. The van der Waals surface area contributed by atoms with Crippen LogP contribution in [0.4, 0.5) is 0 Å². The first-order valence-electron chi connectivity index (χ1n) is 9.04. The Bertz CT molecular complexity index is 954. The number of halogens is 1. The smallest absolute Gasteiger partial charge is 0.247 e. The van der Waals surface area contributed by atoms with E-state index in [1.807, 2.05) is 60.0 Å². The standard InChI is InChI=1S/C23H21ClN2O2S/c1-18(24)17-28-21-8-6-19(7-9-21)15-26(16-20-4-2-12-25-14-20)23(27)11-10-22-5-3-13-29-22/h2-14H,1,15-17H2. The van der Waals surface area contributed by atoms with Crippen molar-refractivity contribution in [3.63, 3.8) is 0 Å². The van der Waals surface area contributed by atoms with Crippen molar-refractivity contribution in [1.82, 2.24) is 9.88 Å². The average molecular weight is 425 g/mol. The second-order valence-corrected chi connectivity index (χ2v) is 7.87. The molecule has 6 heteroatoms. The first-order valence-corrected chi connectivity index (χ1v) is 10.3. The fourth-order valence-electron chi connectivity index (χ4n) is 2.64. The minimum absolute atomic E-state index is 0.0546. The van der Waals surface area contributed by atoms with Crippen molar-refractivity contribution in [1.29, 1.82) is 0 Å². The highest BCUT2D eigenvalue weighted by atomic mass is 35.5. The molecule has 0 spiro atoms. The van der Waals surface area contributed by atoms with Gasteiger partial charge in [-0.05, 0) is 46.8 Å². The van der Waals surface area contributed by atoms with E-state index in [2.05, 4.69) is 11.6 Å². The van der Waals surface area contributed by atoms with Gasteiger partial charge >= 0.3 is 0 Å². The van der Waals surface area contributed by atoms with Gasteiger partial charge in [-0.2, -0.15) is 0 Å². The lowest BCUT2D eigenvalue weighted by molar-refractivity contribution is -0.127. The van der Waals surface area contributed by atoms with E-state index in [9.17, 15) is 4.79 Å². The van der Waals surface area contributed by atoms with E-state index in [0.29, 0.717) is 23.9 Å². The number of amides is 1. The number of pyridine rings is 1. The third-order valence-electron chi connectivity index (χ3n) is 4.03. The number of aromatic nitrogens is 1. The van der Waals surface area contributed by atoms with Crippen molar-refractivity contribution in [2.45, 2.75) is 13.1 Å². The molecule has 1 amide bonds. The topological polar surface area (TPSA) is 42.4 Å². The zero-order chi connectivity index (χ0) is 20.5. The second kappa shape index (κ2) is 10.6. The van der Waals surface area contributed by atoms with Gasteiger partial charge in [0.05, 0.1) is 0 Å². The van der Waals surface area contributed by atoms with Gasteiger partial charge in [0.15, 0.2) is 0 Å². The van der Waals surface area contributed by atoms with E-state index in [0.717, 1.165) is 16.0 Å². The molecule has 0 saturated heterocycles. The van der Waals surface area contributed by atoms with E-state index >= 15 is 0 Å². The molecule has 1 aromatic carbocycles. The average Bonchev–Trinajstić information content (AvgIpc) is 3.25. The van der Waals surface area contributed by atoms with Gasteiger partial charge in [0.25, 0.3) is 0 Å². The monoisotopic (exact) mass is 424 g/mol. The summed E-state index contributed by atoms with van der Waals surface area (Å²) in [6, 6.07) is 15.4. The SMILES string of the molecule is C=C(Cl)COc1ccc(CN(Cc2cccnc2)C(=O)C=Cc2cccs2)cc1. The van der Waals surface area contributed by atoms with Crippen LogP contribution in [0.25, 0.3) is 6.08 Å². The molecule has 148 valence electrons. The fourth-order valence-corrected chi connectivity index (χ4v) is 3.31. The van der Waals surface area contributed by atoms with Crippen molar-refractivity contribution in [2.24, 2.45) is 0 Å².